The molecule has 3 aromatic carbocycles. The summed E-state index contributed by atoms with van der Waals surface area (Å²) in [5.74, 6) is 0.852. The topological polar surface area (TPSA) is 68.2 Å². The van der Waals surface area contributed by atoms with Gasteiger partial charge in [-0.05, 0) is 37.5 Å². The summed E-state index contributed by atoms with van der Waals surface area (Å²) in [7, 11) is 1.92. The molecule has 0 bridgehead atoms. The summed E-state index contributed by atoms with van der Waals surface area (Å²) in [4.78, 5) is 12.0. The Balaban J connectivity index is 1.73. The van der Waals surface area contributed by atoms with Gasteiger partial charge in [-0.3, -0.25) is 4.68 Å². The Morgan fingerprint density at radius 3 is 1.81 bits per heavy atom. The zero-order valence-electron chi connectivity index (χ0n) is 21.8. The van der Waals surface area contributed by atoms with Gasteiger partial charge in [-0.25, -0.2) is 4.79 Å². The summed E-state index contributed by atoms with van der Waals surface area (Å²) >= 11 is 0. The molecule has 4 aromatic rings. The fourth-order valence-corrected chi connectivity index (χ4v) is 4.33. The van der Waals surface area contributed by atoms with Crippen LogP contribution in [-0.2, 0) is 17.3 Å². The predicted octanol–water partition coefficient (Wildman–Crippen LogP) is 6.36. The monoisotopic (exact) mass is 494 g/mol. The van der Waals surface area contributed by atoms with Crippen molar-refractivity contribution in [3.63, 3.8) is 0 Å². The van der Waals surface area contributed by atoms with E-state index in [4.69, 9.17) is 4.74 Å². The summed E-state index contributed by atoms with van der Waals surface area (Å²) in [6.07, 6.45) is 5.22. The van der Waals surface area contributed by atoms with Gasteiger partial charge in [0.1, 0.15) is 17.0 Å². The van der Waals surface area contributed by atoms with E-state index < -0.39 is 17.2 Å². The molecule has 0 aliphatic rings. The molecule has 0 spiro atoms. The van der Waals surface area contributed by atoms with Crippen LogP contribution in [0.2, 0.25) is 0 Å². The largest absolute Gasteiger partial charge is 0.444 e. The Labute approximate surface area is 219 Å². The van der Waals surface area contributed by atoms with Crippen LogP contribution in [0.25, 0.3) is 6.08 Å². The maximum Gasteiger partial charge on any atom is 0.407 e. The first-order valence-electron chi connectivity index (χ1n) is 12.4. The molecule has 37 heavy (non-hydrogen) atoms. The third kappa shape index (κ3) is 6.09. The van der Waals surface area contributed by atoms with Crippen LogP contribution in [0.1, 0.15) is 43.0 Å². The molecule has 2 N–H and O–H groups in total. The molecular formula is C31H34N4O2. The molecule has 0 saturated carbocycles. The molecule has 1 amide bonds. The van der Waals surface area contributed by atoms with Crippen LogP contribution in [0.15, 0.2) is 103 Å². The van der Waals surface area contributed by atoms with Crippen molar-refractivity contribution in [3.8, 4) is 0 Å². The number of alkyl carbamates (subject to hydrolysis) is 1. The number of hydrogen-bond acceptors (Lipinski definition) is 4. The lowest BCUT2D eigenvalue weighted by molar-refractivity contribution is 0.0534. The van der Waals surface area contributed by atoms with Gasteiger partial charge in [0.05, 0.1) is 6.20 Å². The number of rotatable bonds is 8. The van der Waals surface area contributed by atoms with Gasteiger partial charge in [0, 0.05) is 19.2 Å². The van der Waals surface area contributed by atoms with Crippen LogP contribution in [0.4, 0.5) is 10.6 Å². The standard InChI is InChI=1S/C31H34N4O2/c1-30(2,3)37-29(36)32-22-14-15-24-23-33-35(4)28(24)34-31(25-16-8-5-9-17-25,26-18-10-6-11-19-26)27-20-12-7-13-21-27/h5-21,23,34H,22H2,1-4H3,(H,32,36)/b15-14+. The molecule has 4 rings (SSSR count). The minimum absolute atomic E-state index is 0.338. The lowest BCUT2D eigenvalue weighted by atomic mass is 9.77. The van der Waals surface area contributed by atoms with Crippen molar-refractivity contribution in [3.05, 3.63) is 126 Å². The van der Waals surface area contributed by atoms with Gasteiger partial charge in [0.25, 0.3) is 0 Å². The predicted molar refractivity (Wildman–Crippen MR) is 149 cm³/mol. The number of anilines is 1. The van der Waals surface area contributed by atoms with E-state index in [0.717, 1.165) is 28.1 Å². The number of carbonyl (C=O) groups excluding carboxylic acids is 1. The average molecular weight is 495 g/mol. The average Bonchev–Trinajstić information content (AvgIpc) is 3.24. The molecule has 0 aliphatic carbocycles. The third-order valence-electron chi connectivity index (χ3n) is 5.95. The van der Waals surface area contributed by atoms with E-state index in [2.05, 4.69) is 88.5 Å². The number of nitrogens with one attached hydrogen (secondary N) is 2. The van der Waals surface area contributed by atoms with E-state index in [1.165, 1.54) is 0 Å². The number of carbonyl (C=O) groups is 1. The lowest BCUT2D eigenvalue weighted by Gasteiger charge is -2.38. The zero-order chi connectivity index (χ0) is 26.3. The van der Waals surface area contributed by atoms with E-state index in [1.807, 2.05) is 69.0 Å². The van der Waals surface area contributed by atoms with E-state index >= 15 is 0 Å². The molecule has 0 saturated heterocycles. The second-order valence-corrected chi connectivity index (χ2v) is 9.83. The molecule has 0 aliphatic heterocycles. The first-order chi connectivity index (χ1) is 17.8. The highest BCUT2D eigenvalue weighted by molar-refractivity contribution is 5.70. The van der Waals surface area contributed by atoms with Crippen molar-refractivity contribution in [1.29, 1.82) is 0 Å². The molecule has 1 heterocycles. The van der Waals surface area contributed by atoms with E-state index in [0.29, 0.717) is 6.54 Å². The highest BCUT2D eigenvalue weighted by Gasteiger charge is 2.37. The van der Waals surface area contributed by atoms with Crippen LogP contribution in [-0.4, -0.2) is 28.0 Å². The van der Waals surface area contributed by atoms with Gasteiger partial charge in [0.15, 0.2) is 0 Å². The normalized spacial score (nSPS) is 11.9. The van der Waals surface area contributed by atoms with Crippen LogP contribution in [0.5, 0.6) is 0 Å². The van der Waals surface area contributed by atoms with E-state index in [9.17, 15) is 4.79 Å². The van der Waals surface area contributed by atoms with Crippen molar-refractivity contribution >= 4 is 18.0 Å². The van der Waals surface area contributed by atoms with Gasteiger partial charge in [-0.1, -0.05) is 103 Å². The fourth-order valence-electron chi connectivity index (χ4n) is 4.33. The van der Waals surface area contributed by atoms with Crippen molar-refractivity contribution in [2.75, 3.05) is 11.9 Å². The van der Waals surface area contributed by atoms with Crippen LogP contribution < -0.4 is 10.6 Å². The first-order valence-corrected chi connectivity index (χ1v) is 12.4. The Bertz CT molecular complexity index is 1230. The fraction of sp³-hybridized carbons (Fsp3) is 0.226. The maximum atomic E-state index is 12.0. The highest BCUT2D eigenvalue weighted by Crippen LogP contribution is 2.40. The van der Waals surface area contributed by atoms with Gasteiger partial charge in [-0.2, -0.15) is 5.10 Å². The van der Waals surface area contributed by atoms with Gasteiger partial charge in [-0.15, -0.1) is 0 Å². The summed E-state index contributed by atoms with van der Waals surface area (Å²) in [6.45, 7) is 5.86. The number of hydrogen-bond donors (Lipinski definition) is 2. The number of ether oxygens (including phenoxy) is 1. The SMILES string of the molecule is Cn1ncc(/C=C/CNC(=O)OC(C)(C)C)c1NC(c1ccccc1)(c1ccccc1)c1ccccc1. The number of benzene rings is 3. The first kappa shape index (κ1) is 25.8. The Hall–Kier alpha value is -4.32. The Morgan fingerprint density at radius 2 is 1.35 bits per heavy atom. The maximum absolute atomic E-state index is 12.0. The minimum Gasteiger partial charge on any atom is -0.444 e. The molecule has 0 radical (unpaired) electrons. The lowest BCUT2D eigenvalue weighted by Crippen LogP contribution is -2.39. The van der Waals surface area contributed by atoms with E-state index in [1.54, 1.807) is 0 Å². The second kappa shape index (κ2) is 11.2. The summed E-state index contributed by atoms with van der Waals surface area (Å²) in [5, 5.41) is 11.2. The van der Waals surface area contributed by atoms with Gasteiger partial charge < -0.3 is 15.4 Å². The van der Waals surface area contributed by atoms with E-state index in [-0.39, 0.29) is 0 Å². The summed E-state index contributed by atoms with van der Waals surface area (Å²) < 4.78 is 7.16. The summed E-state index contributed by atoms with van der Waals surface area (Å²) in [6, 6.07) is 31.3. The summed E-state index contributed by atoms with van der Waals surface area (Å²) in [5.41, 5.74) is 3.01. The minimum atomic E-state index is -0.672. The molecule has 6 heteroatoms. The van der Waals surface area contributed by atoms with Gasteiger partial charge >= 0.3 is 6.09 Å². The molecule has 0 fully saturated rings. The molecule has 0 atom stereocenters. The number of aryl methyl sites for hydroxylation is 1. The van der Waals surface area contributed by atoms with Crippen molar-refractivity contribution < 1.29 is 9.53 Å². The molecule has 1 aromatic heterocycles. The smallest absolute Gasteiger partial charge is 0.407 e. The molecular weight excluding hydrogens is 460 g/mol. The van der Waals surface area contributed by atoms with Crippen molar-refractivity contribution in [2.45, 2.75) is 31.9 Å². The highest BCUT2D eigenvalue weighted by atomic mass is 16.6. The van der Waals surface area contributed by atoms with Crippen LogP contribution in [0, 0.1) is 0 Å². The van der Waals surface area contributed by atoms with Crippen LogP contribution >= 0.6 is 0 Å². The molecule has 6 nitrogen and oxygen atoms in total. The zero-order valence-corrected chi connectivity index (χ0v) is 21.8. The Morgan fingerprint density at radius 1 is 0.865 bits per heavy atom. The number of aromatic nitrogens is 2. The van der Waals surface area contributed by atoms with Crippen molar-refractivity contribution in [1.82, 2.24) is 15.1 Å². The number of nitrogens with zero attached hydrogens (tertiary/aromatic N) is 2. The quantitative estimate of drug-likeness (QED) is 0.280. The molecule has 0 unspecified atom stereocenters. The molecule has 190 valence electrons. The van der Waals surface area contributed by atoms with Crippen LogP contribution in [0.3, 0.4) is 0 Å². The Kier molecular flexibility index (Phi) is 7.77. The second-order valence-electron chi connectivity index (χ2n) is 9.83. The number of amides is 1. The van der Waals surface area contributed by atoms with Crippen molar-refractivity contribution in [2.24, 2.45) is 7.05 Å². The van der Waals surface area contributed by atoms with Gasteiger partial charge in [0.2, 0.25) is 0 Å². The third-order valence-corrected chi connectivity index (χ3v) is 5.95.